The van der Waals surface area contributed by atoms with Gasteiger partial charge >= 0.3 is 0 Å². The molecule has 148 valence electrons. The molecule has 6 nitrogen and oxygen atoms in total. The number of benzene rings is 1. The second-order valence-electron chi connectivity index (χ2n) is 6.56. The lowest BCUT2D eigenvalue weighted by molar-refractivity contribution is 0.110. The van der Waals surface area contributed by atoms with Gasteiger partial charge in [0.25, 0.3) is 0 Å². The van der Waals surface area contributed by atoms with E-state index < -0.39 is 10.0 Å². The Morgan fingerprint density at radius 3 is 2.35 bits per heavy atom. The van der Waals surface area contributed by atoms with Crippen LogP contribution in [0.25, 0.3) is 0 Å². The second-order valence-corrected chi connectivity index (χ2v) is 8.32. The highest BCUT2D eigenvalue weighted by atomic mass is 32.2. The van der Waals surface area contributed by atoms with Crippen LogP contribution < -0.4 is 14.8 Å². The Bertz CT molecular complexity index is 596. The Hall–Kier alpha value is -1.15. The highest BCUT2D eigenvalue weighted by molar-refractivity contribution is 7.89. The molecule has 0 radical (unpaired) electrons. The Labute approximate surface area is 157 Å². The van der Waals surface area contributed by atoms with Crippen LogP contribution in [-0.4, -0.2) is 47.4 Å². The fourth-order valence-electron chi connectivity index (χ4n) is 3.11. The van der Waals surface area contributed by atoms with Crippen molar-refractivity contribution in [2.75, 3.05) is 32.9 Å². The summed E-state index contributed by atoms with van der Waals surface area (Å²) >= 11 is 0. The van der Waals surface area contributed by atoms with Crippen molar-refractivity contribution in [3.63, 3.8) is 0 Å². The van der Waals surface area contributed by atoms with Gasteiger partial charge in [0.15, 0.2) is 0 Å². The van der Waals surface area contributed by atoms with Crippen molar-refractivity contribution in [2.24, 2.45) is 0 Å². The van der Waals surface area contributed by atoms with Crippen molar-refractivity contribution in [3.05, 3.63) is 24.3 Å². The Morgan fingerprint density at radius 1 is 1.00 bits per heavy atom. The van der Waals surface area contributed by atoms with E-state index in [2.05, 4.69) is 10.0 Å². The lowest BCUT2D eigenvalue weighted by atomic mass is 10.1. The van der Waals surface area contributed by atoms with Crippen LogP contribution in [0.4, 0.5) is 0 Å². The van der Waals surface area contributed by atoms with Gasteiger partial charge < -0.3 is 14.8 Å². The second kappa shape index (κ2) is 11.5. The molecular weight excluding hydrogens is 352 g/mol. The summed E-state index contributed by atoms with van der Waals surface area (Å²) in [6.45, 7) is 4.60. The lowest BCUT2D eigenvalue weighted by Crippen LogP contribution is -2.36. The van der Waals surface area contributed by atoms with E-state index in [1.54, 1.807) is 24.3 Å². The predicted molar refractivity (Wildman–Crippen MR) is 103 cm³/mol. The summed E-state index contributed by atoms with van der Waals surface area (Å²) in [5.41, 5.74) is 0. The van der Waals surface area contributed by atoms with Crippen LogP contribution in [0.3, 0.4) is 0 Å². The highest BCUT2D eigenvalue weighted by Crippen LogP contribution is 2.17. The molecule has 1 aromatic rings. The summed E-state index contributed by atoms with van der Waals surface area (Å²) in [6.07, 6.45) is 7.55. The van der Waals surface area contributed by atoms with Crippen molar-refractivity contribution in [1.29, 1.82) is 0 Å². The number of sulfonamides is 1. The van der Waals surface area contributed by atoms with E-state index in [9.17, 15) is 8.42 Å². The maximum absolute atomic E-state index is 12.3. The van der Waals surface area contributed by atoms with E-state index in [0.29, 0.717) is 44.7 Å². The number of hydrogen-bond acceptors (Lipinski definition) is 5. The van der Waals surface area contributed by atoms with Crippen LogP contribution in [0.2, 0.25) is 0 Å². The van der Waals surface area contributed by atoms with Crippen molar-refractivity contribution in [2.45, 2.75) is 56.4 Å². The molecule has 1 fully saturated rings. The zero-order chi connectivity index (χ0) is 18.7. The summed E-state index contributed by atoms with van der Waals surface area (Å²) in [4.78, 5) is 0.254. The molecule has 0 aliphatic heterocycles. The van der Waals surface area contributed by atoms with Crippen LogP contribution in [0.1, 0.15) is 45.4 Å². The average Bonchev–Trinajstić information content (AvgIpc) is 2.92. The topological polar surface area (TPSA) is 76.7 Å². The third-order valence-corrected chi connectivity index (χ3v) is 6.02. The van der Waals surface area contributed by atoms with Crippen molar-refractivity contribution in [3.8, 4) is 5.75 Å². The minimum Gasteiger partial charge on any atom is -0.491 e. The standard InChI is InChI=1S/C19H32N2O4S/c1-2-24-15-16-25-18-9-11-19(12-10-18)26(22,23)21-14-13-20-17-7-5-3-4-6-8-17/h9-12,17,20-21H,2-8,13-16H2,1H3. The third-order valence-electron chi connectivity index (χ3n) is 4.54. The largest absolute Gasteiger partial charge is 0.491 e. The number of hydrogen-bond donors (Lipinski definition) is 2. The minimum absolute atomic E-state index is 0.254. The fourth-order valence-corrected chi connectivity index (χ4v) is 4.14. The van der Waals surface area contributed by atoms with Gasteiger partial charge in [-0.25, -0.2) is 13.1 Å². The SMILES string of the molecule is CCOCCOc1ccc(S(=O)(=O)NCCNC2CCCCCC2)cc1. The Kier molecular flexibility index (Phi) is 9.39. The molecular formula is C19H32N2O4S. The van der Waals surface area contributed by atoms with Crippen LogP contribution in [-0.2, 0) is 14.8 Å². The van der Waals surface area contributed by atoms with Gasteiger partial charge in [0, 0.05) is 25.7 Å². The van der Waals surface area contributed by atoms with E-state index in [1.807, 2.05) is 6.92 Å². The zero-order valence-electron chi connectivity index (χ0n) is 15.7. The molecule has 0 amide bonds. The van der Waals surface area contributed by atoms with Gasteiger partial charge in [0.1, 0.15) is 12.4 Å². The van der Waals surface area contributed by atoms with Gasteiger partial charge in [0.2, 0.25) is 10.0 Å². The van der Waals surface area contributed by atoms with Crippen LogP contribution in [0, 0.1) is 0 Å². The molecule has 0 heterocycles. The molecule has 2 rings (SSSR count). The molecule has 0 spiro atoms. The average molecular weight is 385 g/mol. The number of rotatable bonds is 11. The van der Waals surface area contributed by atoms with Gasteiger partial charge in [-0.2, -0.15) is 0 Å². The smallest absolute Gasteiger partial charge is 0.240 e. The predicted octanol–water partition coefficient (Wildman–Crippen LogP) is 2.69. The molecule has 1 saturated carbocycles. The van der Waals surface area contributed by atoms with E-state index in [1.165, 1.54) is 38.5 Å². The number of ether oxygens (including phenoxy) is 2. The van der Waals surface area contributed by atoms with Gasteiger partial charge in [-0.1, -0.05) is 25.7 Å². The van der Waals surface area contributed by atoms with Crippen molar-refractivity contribution >= 4 is 10.0 Å². The first kappa shape index (κ1) is 21.2. The summed E-state index contributed by atoms with van der Waals surface area (Å²) in [5.74, 6) is 0.638. The van der Waals surface area contributed by atoms with Crippen molar-refractivity contribution in [1.82, 2.24) is 10.0 Å². The van der Waals surface area contributed by atoms with Gasteiger partial charge in [-0.05, 0) is 44.0 Å². The van der Waals surface area contributed by atoms with Gasteiger partial charge in [-0.15, -0.1) is 0 Å². The minimum atomic E-state index is -3.49. The lowest BCUT2D eigenvalue weighted by Gasteiger charge is -2.16. The van der Waals surface area contributed by atoms with Gasteiger partial charge in [0.05, 0.1) is 11.5 Å². The fraction of sp³-hybridized carbons (Fsp3) is 0.684. The maximum Gasteiger partial charge on any atom is 0.240 e. The summed E-state index contributed by atoms with van der Waals surface area (Å²) in [7, 11) is -3.49. The normalized spacial score (nSPS) is 16.3. The van der Waals surface area contributed by atoms with E-state index in [-0.39, 0.29) is 4.90 Å². The Balaban J connectivity index is 1.72. The molecule has 7 heteroatoms. The highest BCUT2D eigenvalue weighted by Gasteiger charge is 2.15. The van der Waals surface area contributed by atoms with Crippen molar-refractivity contribution < 1.29 is 17.9 Å². The number of nitrogens with one attached hydrogen (secondary N) is 2. The van der Waals surface area contributed by atoms with E-state index in [0.717, 1.165) is 0 Å². The Morgan fingerprint density at radius 2 is 1.69 bits per heavy atom. The molecule has 1 aromatic carbocycles. The van der Waals surface area contributed by atoms with Crippen LogP contribution in [0.15, 0.2) is 29.2 Å². The summed E-state index contributed by atoms with van der Waals surface area (Å²) < 4.78 is 38.1. The maximum atomic E-state index is 12.3. The molecule has 0 aromatic heterocycles. The molecule has 26 heavy (non-hydrogen) atoms. The first-order valence-corrected chi connectivity index (χ1v) is 11.1. The van der Waals surface area contributed by atoms with E-state index >= 15 is 0 Å². The molecule has 0 unspecified atom stereocenters. The summed E-state index contributed by atoms with van der Waals surface area (Å²) in [5, 5.41) is 3.47. The molecule has 1 aliphatic carbocycles. The quantitative estimate of drug-likeness (QED) is 0.453. The van der Waals surface area contributed by atoms with Crippen LogP contribution >= 0.6 is 0 Å². The molecule has 0 saturated heterocycles. The molecule has 0 atom stereocenters. The zero-order valence-corrected chi connectivity index (χ0v) is 16.5. The van der Waals surface area contributed by atoms with Gasteiger partial charge in [-0.3, -0.25) is 0 Å². The molecule has 2 N–H and O–H groups in total. The third kappa shape index (κ3) is 7.61. The first-order chi connectivity index (χ1) is 12.6. The van der Waals surface area contributed by atoms with Crippen LogP contribution in [0.5, 0.6) is 5.75 Å². The molecule has 0 bridgehead atoms. The monoisotopic (exact) mass is 384 g/mol. The van der Waals surface area contributed by atoms with E-state index in [4.69, 9.17) is 9.47 Å². The summed E-state index contributed by atoms with van der Waals surface area (Å²) in [6, 6.07) is 7.00. The first-order valence-electron chi connectivity index (χ1n) is 9.65. The molecule has 1 aliphatic rings.